The van der Waals surface area contributed by atoms with Crippen LogP contribution in [0.25, 0.3) is 0 Å². The number of nitrogens with one attached hydrogen (secondary N) is 2. The van der Waals surface area contributed by atoms with E-state index in [0.717, 1.165) is 25.7 Å². The lowest BCUT2D eigenvalue weighted by atomic mass is 9.96. The summed E-state index contributed by atoms with van der Waals surface area (Å²) in [5.74, 6) is -1.34. The molecule has 0 heterocycles. The van der Waals surface area contributed by atoms with Gasteiger partial charge in [0.2, 0.25) is 0 Å². The van der Waals surface area contributed by atoms with Crippen molar-refractivity contribution in [2.75, 3.05) is 6.61 Å². The highest BCUT2D eigenvalue weighted by atomic mass is 35.5. The summed E-state index contributed by atoms with van der Waals surface area (Å²) >= 11 is 11.9. The molecule has 0 bridgehead atoms. The number of carbonyl (C=O) groups is 3. The largest absolute Gasteiger partial charge is 0.455 e. The van der Waals surface area contributed by atoms with Crippen LogP contribution in [-0.4, -0.2) is 30.6 Å². The first-order valence-electron chi connectivity index (χ1n) is 8.14. The third-order valence-electron chi connectivity index (χ3n) is 3.94. The Labute approximate surface area is 156 Å². The summed E-state index contributed by atoms with van der Waals surface area (Å²) in [6.07, 6.45) is 4.98. The first-order valence-corrected chi connectivity index (χ1v) is 8.90. The average molecular weight is 387 g/mol. The van der Waals surface area contributed by atoms with E-state index in [-0.39, 0.29) is 12.5 Å². The highest BCUT2D eigenvalue weighted by molar-refractivity contribution is 6.36. The van der Waals surface area contributed by atoms with Gasteiger partial charge >= 0.3 is 12.0 Å². The molecular formula is C17H20Cl2N2O4. The molecule has 2 N–H and O–H groups in total. The predicted octanol–water partition coefficient (Wildman–Crippen LogP) is 3.24. The summed E-state index contributed by atoms with van der Waals surface area (Å²) in [6, 6.07) is 4.41. The molecule has 1 fully saturated rings. The molecule has 1 aromatic rings. The van der Waals surface area contributed by atoms with Crippen molar-refractivity contribution in [1.82, 2.24) is 10.6 Å². The number of ether oxygens (including phenoxy) is 1. The van der Waals surface area contributed by atoms with Crippen LogP contribution in [0, 0.1) is 0 Å². The number of urea groups is 1. The van der Waals surface area contributed by atoms with E-state index in [0.29, 0.717) is 15.6 Å². The minimum Gasteiger partial charge on any atom is -0.455 e. The Hall–Kier alpha value is -1.79. The third-order valence-corrected chi connectivity index (χ3v) is 4.65. The molecule has 2 rings (SSSR count). The summed E-state index contributed by atoms with van der Waals surface area (Å²) in [6.45, 7) is -0.543. The maximum Gasteiger partial charge on any atom is 0.321 e. The Morgan fingerprint density at radius 3 is 2.36 bits per heavy atom. The highest BCUT2D eigenvalue weighted by Gasteiger charge is 2.18. The predicted molar refractivity (Wildman–Crippen MR) is 94.7 cm³/mol. The second kappa shape index (κ2) is 9.63. The van der Waals surface area contributed by atoms with Gasteiger partial charge in [0.1, 0.15) is 0 Å². The Morgan fingerprint density at radius 2 is 1.72 bits per heavy atom. The molecule has 136 valence electrons. The van der Waals surface area contributed by atoms with Gasteiger partial charge in [-0.1, -0.05) is 48.5 Å². The van der Waals surface area contributed by atoms with Crippen LogP contribution in [0.4, 0.5) is 4.79 Å². The molecule has 0 radical (unpaired) electrons. The second-order valence-electron chi connectivity index (χ2n) is 5.89. The monoisotopic (exact) mass is 386 g/mol. The number of rotatable bonds is 5. The van der Waals surface area contributed by atoms with Gasteiger partial charge in [0.15, 0.2) is 6.61 Å². The van der Waals surface area contributed by atoms with Crippen LogP contribution in [0.5, 0.6) is 0 Å². The lowest BCUT2D eigenvalue weighted by molar-refractivity contribution is -0.147. The van der Waals surface area contributed by atoms with Gasteiger partial charge in [-0.25, -0.2) is 4.79 Å². The number of halogens is 2. The third kappa shape index (κ3) is 6.55. The molecule has 0 spiro atoms. The van der Waals surface area contributed by atoms with E-state index in [9.17, 15) is 14.4 Å². The van der Waals surface area contributed by atoms with E-state index in [1.165, 1.54) is 6.42 Å². The molecule has 0 aliphatic heterocycles. The Bertz CT molecular complexity index is 625. The van der Waals surface area contributed by atoms with E-state index < -0.39 is 24.5 Å². The molecule has 25 heavy (non-hydrogen) atoms. The van der Waals surface area contributed by atoms with E-state index >= 15 is 0 Å². The number of hydrogen-bond donors (Lipinski definition) is 2. The van der Waals surface area contributed by atoms with Gasteiger partial charge in [0, 0.05) is 21.7 Å². The molecule has 1 aliphatic rings. The molecule has 6 nitrogen and oxygen atoms in total. The summed E-state index contributed by atoms with van der Waals surface area (Å²) in [5, 5.41) is 5.59. The van der Waals surface area contributed by atoms with Gasteiger partial charge in [-0.15, -0.1) is 0 Å². The zero-order valence-electron chi connectivity index (χ0n) is 13.6. The molecule has 1 aromatic carbocycles. The van der Waals surface area contributed by atoms with Crippen LogP contribution in [-0.2, 0) is 20.7 Å². The van der Waals surface area contributed by atoms with Crippen LogP contribution in [0.1, 0.15) is 37.7 Å². The average Bonchev–Trinajstić information content (AvgIpc) is 2.57. The number of amides is 3. The van der Waals surface area contributed by atoms with Gasteiger partial charge in [-0.2, -0.15) is 0 Å². The lowest BCUT2D eigenvalue weighted by Gasteiger charge is -2.22. The van der Waals surface area contributed by atoms with Crippen LogP contribution in [0.3, 0.4) is 0 Å². The van der Waals surface area contributed by atoms with Crippen LogP contribution < -0.4 is 10.6 Å². The maximum atomic E-state index is 11.8. The molecule has 0 saturated heterocycles. The highest BCUT2D eigenvalue weighted by Crippen LogP contribution is 2.24. The summed E-state index contributed by atoms with van der Waals surface area (Å²) in [5.41, 5.74) is 0.436. The first-order chi connectivity index (χ1) is 12.0. The zero-order valence-corrected chi connectivity index (χ0v) is 15.2. The molecule has 0 unspecified atom stereocenters. The van der Waals surface area contributed by atoms with Crippen molar-refractivity contribution >= 4 is 41.1 Å². The van der Waals surface area contributed by atoms with Gasteiger partial charge in [0.05, 0.1) is 6.42 Å². The van der Waals surface area contributed by atoms with Crippen molar-refractivity contribution in [2.45, 2.75) is 44.6 Å². The minimum atomic E-state index is -0.688. The fraction of sp³-hybridized carbons (Fsp3) is 0.471. The molecule has 1 saturated carbocycles. The standard InChI is InChI=1S/C17H20Cl2N2O4/c18-13-7-4-8-14(19)12(13)9-16(23)25-10-15(22)21-17(24)20-11-5-2-1-3-6-11/h4,7-8,11H,1-3,5-6,9-10H2,(H2,20,21,22,24). The minimum absolute atomic E-state index is 0.0893. The molecule has 0 atom stereocenters. The number of carbonyl (C=O) groups excluding carboxylic acids is 3. The number of hydrogen-bond acceptors (Lipinski definition) is 4. The maximum absolute atomic E-state index is 11.8. The zero-order chi connectivity index (χ0) is 18.2. The summed E-state index contributed by atoms with van der Waals surface area (Å²) in [7, 11) is 0. The smallest absolute Gasteiger partial charge is 0.321 e. The lowest BCUT2D eigenvalue weighted by Crippen LogP contribution is -2.46. The van der Waals surface area contributed by atoms with Crippen LogP contribution in [0.2, 0.25) is 10.0 Å². The molecule has 0 aromatic heterocycles. The van der Waals surface area contributed by atoms with E-state index in [1.807, 2.05) is 0 Å². The van der Waals surface area contributed by atoms with Crippen molar-refractivity contribution in [3.63, 3.8) is 0 Å². The Kier molecular flexibility index (Phi) is 7.52. The Morgan fingerprint density at radius 1 is 1.08 bits per heavy atom. The van der Waals surface area contributed by atoms with Gasteiger partial charge in [-0.3, -0.25) is 14.9 Å². The van der Waals surface area contributed by atoms with Crippen LogP contribution in [0.15, 0.2) is 18.2 Å². The molecular weight excluding hydrogens is 367 g/mol. The van der Waals surface area contributed by atoms with E-state index in [1.54, 1.807) is 18.2 Å². The quantitative estimate of drug-likeness (QED) is 0.760. The number of imide groups is 1. The van der Waals surface area contributed by atoms with Crippen molar-refractivity contribution in [3.05, 3.63) is 33.8 Å². The molecule has 8 heteroatoms. The SMILES string of the molecule is O=C(COC(=O)Cc1c(Cl)cccc1Cl)NC(=O)NC1CCCCC1. The van der Waals surface area contributed by atoms with E-state index in [4.69, 9.17) is 27.9 Å². The topological polar surface area (TPSA) is 84.5 Å². The van der Waals surface area contributed by atoms with E-state index in [2.05, 4.69) is 10.6 Å². The number of esters is 1. The van der Waals surface area contributed by atoms with Crippen LogP contribution >= 0.6 is 23.2 Å². The fourth-order valence-corrected chi connectivity index (χ4v) is 3.20. The van der Waals surface area contributed by atoms with Crippen molar-refractivity contribution in [2.24, 2.45) is 0 Å². The number of benzene rings is 1. The Balaban J connectivity index is 1.71. The molecule has 1 aliphatic carbocycles. The first kappa shape index (κ1) is 19.5. The summed E-state index contributed by atoms with van der Waals surface area (Å²) < 4.78 is 4.86. The van der Waals surface area contributed by atoms with Crippen molar-refractivity contribution in [3.8, 4) is 0 Å². The van der Waals surface area contributed by atoms with Crippen molar-refractivity contribution < 1.29 is 19.1 Å². The second-order valence-corrected chi connectivity index (χ2v) is 6.71. The van der Waals surface area contributed by atoms with Crippen molar-refractivity contribution in [1.29, 1.82) is 0 Å². The van der Waals surface area contributed by atoms with Gasteiger partial charge in [-0.05, 0) is 25.0 Å². The van der Waals surface area contributed by atoms with Gasteiger partial charge < -0.3 is 10.1 Å². The molecule has 3 amide bonds. The van der Waals surface area contributed by atoms with Gasteiger partial charge in [0.25, 0.3) is 5.91 Å². The summed E-state index contributed by atoms with van der Waals surface area (Å²) in [4.78, 5) is 35.2. The normalized spacial score (nSPS) is 14.6. The fourth-order valence-electron chi connectivity index (χ4n) is 2.67.